The Bertz CT molecular complexity index is 445. The summed E-state index contributed by atoms with van der Waals surface area (Å²) in [6, 6.07) is 8.91. The summed E-state index contributed by atoms with van der Waals surface area (Å²) in [6.07, 6.45) is 1.03. The molecule has 0 saturated heterocycles. The molecule has 0 spiro atoms. The fourth-order valence-corrected chi connectivity index (χ4v) is 2.64. The number of carbonyl (C=O) groups excluding carboxylic acids is 1. The summed E-state index contributed by atoms with van der Waals surface area (Å²) >= 11 is 0. The Morgan fingerprint density at radius 3 is 2.84 bits per heavy atom. The van der Waals surface area contributed by atoms with Gasteiger partial charge in [0, 0.05) is 24.3 Å². The molecule has 1 atom stereocenters. The van der Waals surface area contributed by atoms with Gasteiger partial charge < -0.3 is 15.5 Å². The third-order valence-corrected chi connectivity index (χ3v) is 3.47. The van der Waals surface area contributed by atoms with Gasteiger partial charge >= 0.3 is 0 Å². The van der Waals surface area contributed by atoms with E-state index in [1.165, 1.54) is 11.3 Å². The maximum Gasteiger partial charge on any atom is 0.239 e. The van der Waals surface area contributed by atoms with E-state index >= 15 is 0 Å². The van der Waals surface area contributed by atoms with E-state index in [4.69, 9.17) is 0 Å². The van der Waals surface area contributed by atoms with E-state index in [1.54, 1.807) is 0 Å². The predicted molar refractivity (Wildman–Crippen MR) is 78.4 cm³/mol. The van der Waals surface area contributed by atoms with E-state index in [9.17, 15) is 4.79 Å². The lowest BCUT2D eigenvalue weighted by atomic mass is 9.96. The zero-order chi connectivity index (χ0) is 13.8. The normalized spacial score (nSPS) is 18.3. The van der Waals surface area contributed by atoms with Gasteiger partial charge in [0.15, 0.2) is 0 Å². The molecule has 0 aromatic heterocycles. The van der Waals surface area contributed by atoms with Crippen molar-refractivity contribution in [1.82, 2.24) is 10.6 Å². The maximum atomic E-state index is 11.9. The van der Waals surface area contributed by atoms with Crippen LogP contribution >= 0.6 is 0 Å². The van der Waals surface area contributed by atoms with E-state index in [0.29, 0.717) is 12.6 Å². The first kappa shape index (κ1) is 13.9. The number of hydrogen-bond acceptors (Lipinski definition) is 3. The van der Waals surface area contributed by atoms with Crippen LogP contribution in [0.4, 0.5) is 5.69 Å². The second-order valence-electron chi connectivity index (χ2n) is 5.33. The van der Waals surface area contributed by atoms with Gasteiger partial charge in [-0.3, -0.25) is 4.79 Å². The second-order valence-corrected chi connectivity index (χ2v) is 5.33. The molecule has 0 saturated carbocycles. The predicted octanol–water partition coefficient (Wildman–Crippen LogP) is 1.68. The van der Waals surface area contributed by atoms with Gasteiger partial charge in [0.25, 0.3) is 0 Å². The molecule has 1 unspecified atom stereocenters. The number of benzene rings is 1. The lowest BCUT2D eigenvalue weighted by Gasteiger charge is -2.35. The zero-order valence-electron chi connectivity index (χ0n) is 11.9. The van der Waals surface area contributed by atoms with Gasteiger partial charge in [-0.1, -0.05) is 18.2 Å². The van der Waals surface area contributed by atoms with Crippen LogP contribution in [0.1, 0.15) is 31.9 Å². The lowest BCUT2D eigenvalue weighted by Crippen LogP contribution is -2.43. The van der Waals surface area contributed by atoms with Crippen molar-refractivity contribution in [2.24, 2.45) is 0 Å². The molecule has 1 heterocycles. The van der Waals surface area contributed by atoms with Crippen LogP contribution in [0, 0.1) is 0 Å². The summed E-state index contributed by atoms with van der Waals surface area (Å²) in [4.78, 5) is 14.1. The number of para-hydroxylation sites is 1. The zero-order valence-corrected chi connectivity index (χ0v) is 11.9. The first-order valence-corrected chi connectivity index (χ1v) is 6.92. The van der Waals surface area contributed by atoms with Crippen molar-refractivity contribution in [3.63, 3.8) is 0 Å². The molecule has 2 N–H and O–H groups in total. The van der Waals surface area contributed by atoms with Crippen LogP contribution in [0.2, 0.25) is 0 Å². The summed E-state index contributed by atoms with van der Waals surface area (Å²) in [7, 11) is 1.99. The lowest BCUT2D eigenvalue weighted by molar-refractivity contribution is -0.120. The van der Waals surface area contributed by atoms with Crippen LogP contribution in [0.5, 0.6) is 0 Å². The molecule has 19 heavy (non-hydrogen) atoms. The third-order valence-electron chi connectivity index (χ3n) is 3.47. The number of amides is 1. The molecule has 0 fully saturated rings. The smallest absolute Gasteiger partial charge is 0.239 e. The van der Waals surface area contributed by atoms with Crippen LogP contribution < -0.4 is 15.5 Å². The molecule has 104 valence electrons. The maximum absolute atomic E-state index is 11.9. The van der Waals surface area contributed by atoms with Crippen molar-refractivity contribution < 1.29 is 4.79 Å². The molecule has 1 aliphatic heterocycles. The fourth-order valence-electron chi connectivity index (χ4n) is 2.64. The highest BCUT2D eigenvalue weighted by atomic mass is 16.2. The van der Waals surface area contributed by atoms with E-state index in [2.05, 4.69) is 33.7 Å². The molecule has 1 amide bonds. The number of nitrogens with one attached hydrogen (secondary N) is 2. The highest BCUT2D eigenvalue weighted by Gasteiger charge is 2.24. The Kier molecular flexibility index (Phi) is 4.43. The Morgan fingerprint density at radius 1 is 1.42 bits per heavy atom. The molecule has 0 radical (unpaired) electrons. The Hall–Kier alpha value is -1.55. The van der Waals surface area contributed by atoms with Crippen molar-refractivity contribution in [3.05, 3.63) is 29.8 Å². The van der Waals surface area contributed by atoms with E-state index in [0.717, 1.165) is 13.0 Å². The quantitative estimate of drug-likeness (QED) is 0.867. The van der Waals surface area contributed by atoms with Crippen molar-refractivity contribution in [3.8, 4) is 0 Å². The van der Waals surface area contributed by atoms with Gasteiger partial charge in [0.1, 0.15) is 0 Å². The van der Waals surface area contributed by atoms with Gasteiger partial charge in [0.2, 0.25) is 5.91 Å². The average Bonchev–Trinajstić information content (AvgIpc) is 2.38. The molecule has 2 rings (SSSR count). The van der Waals surface area contributed by atoms with Crippen LogP contribution in [0.3, 0.4) is 0 Å². The van der Waals surface area contributed by atoms with Gasteiger partial charge in [0.05, 0.1) is 6.54 Å². The molecule has 1 aromatic rings. The van der Waals surface area contributed by atoms with Crippen molar-refractivity contribution in [1.29, 1.82) is 0 Å². The summed E-state index contributed by atoms with van der Waals surface area (Å²) in [5, 5.41) is 6.29. The van der Waals surface area contributed by atoms with Gasteiger partial charge in [-0.2, -0.15) is 0 Å². The highest BCUT2D eigenvalue weighted by molar-refractivity contribution is 5.82. The molecular formula is C15H23N3O. The van der Waals surface area contributed by atoms with Crippen LogP contribution in [-0.4, -0.2) is 32.1 Å². The molecular weight excluding hydrogens is 238 g/mol. The largest absolute Gasteiger partial charge is 0.362 e. The monoisotopic (exact) mass is 261 g/mol. The average molecular weight is 261 g/mol. The standard InChI is InChI=1S/C15H23N3O/c1-11(2)17-15(19)10-18-9-8-13(16-3)12-6-4-5-7-14(12)18/h4-7,11,13,16H,8-10H2,1-3H3,(H,17,19). The summed E-state index contributed by atoms with van der Waals surface area (Å²) in [5.74, 6) is 0.0905. The number of anilines is 1. The van der Waals surface area contributed by atoms with Crippen molar-refractivity contribution >= 4 is 11.6 Å². The Morgan fingerprint density at radius 2 is 2.16 bits per heavy atom. The van der Waals surface area contributed by atoms with E-state index in [1.807, 2.05) is 27.0 Å². The van der Waals surface area contributed by atoms with Crippen molar-refractivity contribution in [2.45, 2.75) is 32.4 Å². The summed E-state index contributed by atoms with van der Waals surface area (Å²) < 4.78 is 0. The third kappa shape index (κ3) is 3.26. The molecule has 4 nitrogen and oxygen atoms in total. The first-order valence-electron chi connectivity index (χ1n) is 6.92. The van der Waals surface area contributed by atoms with Crippen molar-refractivity contribution in [2.75, 3.05) is 25.0 Å². The summed E-state index contributed by atoms with van der Waals surface area (Å²) in [6.45, 7) is 5.32. The van der Waals surface area contributed by atoms with Crippen LogP contribution in [0.25, 0.3) is 0 Å². The number of rotatable bonds is 4. The van der Waals surface area contributed by atoms with Crippen LogP contribution in [0.15, 0.2) is 24.3 Å². The number of nitrogens with zero attached hydrogens (tertiary/aromatic N) is 1. The molecule has 0 bridgehead atoms. The van der Waals surface area contributed by atoms with Gasteiger partial charge in [-0.15, -0.1) is 0 Å². The minimum Gasteiger partial charge on any atom is -0.362 e. The minimum absolute atomic E-state index is 0.0905. The molecule has 4 heteroatoms. The van der Waals surface area contributed by atoms with Gasteiger partial charge in [-0.25, -0.2) is 0 Å². The molecule has 1 aliphatic rings. The topological polar surface area (TPSA) is 44.4 Å². The summed E-state index contributed by atoms with van der Waals surface area (Å²) in [5.41, 5.74) is 2.46. The molecule has 1 aromatic carbocycles. The van der Waals surface area contributed by atoms with E-state index < -0.39 is 0 Å². The minimum atomic E-state index is 0.0905. The molecule has 0 aliphatic carbocycles. The van der Waals surface area contributed by atoms with Gasteiger partial charge in [-0.05, 0) is 38.9 Å². The number of hydrogen-bond donors (Lipinski definition) is 2. The fraction of sp³-hybridized carbons (Fsp3) is 0.533. The highest BCUT2D eigenvalue weighted by Crippen LogP contribution is 2.32. The first-order chi connectivity index (χ1) is 9.11. The Labute approximate surface area is 115 Å². The SMILES string of the molecule is CNC1CCN(CC(=O)NC(C)C)c2ccccc21. The van der Waals surface area contributed by atoms with Crippen LogP contribution in [-0.2, 0) is 4.79 Å². The second kappa shape index (κ2) is 6.06. The number of carbonyl (C=O) groups is 1. The number of fused-ring (bicyclic) bond motifs is 1. The Balaban J connectivity index is 2.13. The van der Waals surface area contributed by atoms with E-state index in [-0.39, 0.29) is 11.9 Å².